The molecule has 0 atom stereocenters. The van der Waals surface area contributed by atoms with E-state index in [9.17, 15) is 0 Å². The van der Waals surface area contributed by atoms with Gasteiger partial charge in [-0.05, 0) is 17.7 Å². The maximum atomic E-state index is 6.33. The third kappa shape index (κ3) is 4.27. The summed E-state index contributed by atoms with van der Waals surface area (Å²) in [7, 11) is 1.91. The van der Waals surface area contributed by atoms with Gasteiger partial charge >= 0.3 is 0 Å². The molecule has 3 nitrogen and oxygen atoms in total. The highest BCUT2D eigenvalue weighted by Crippen LogP contribution is 2.33. The van der Waals surface area contributed by atoms with E-state index >= 15 is 0 Å². The molecule has 0 bridgehead atoms. The molecule has 102 valence electrons. The van der Waals surface area contributed by atoms with Crippen molar-refractivity contribution in [3.8, 4) is 0 Å². The van der Waals surface area contributed by atoms with Crippen molar-refractivity contribution in [3.05, 3.63) is 41.2 Å². The van der Waals surface area contributed by atoms with E-state index in [1.165, 1.54) is 5.56 Å². The van der Waals surface area contributed by atoms with Crippen molar-refractivity contribution in [3.63, 3.8) is 0 Å². The average Bonchev–Trinajstić information content (AvgIpc) is 2.75. The van der Waals surface area contributed by atoms with Gasteiger partial charge in [-0.2, -0.15) is 5.10 Å². The summed E-state index contributed by atoms with van der Waals surface area (Å²) in [6.45, 7) is 5.11. The van der Waals surface area contributed by atoms with Crippen LogP contribution in [0.4, 0.5) is 0 Å². The number of aromatic nitrogens is 2. The predicted molar refractivity (Wildman–Crippen MR) is 80.8 cm³/mol. The summed E-state index contributed by atoms with van der Waals surface area (Å²) in [6.07, 6.45) is 3.82. The lowest BCUT2D eigenvalue weighted by Gasteiger charge is -2.09. The summed E-state index contributed by atoms with van der Waals surface area (Å²) in [4.78, 5) is 2.15. The van der Waals surface area contributed by atoms with Crippen molar-refractivity contribution in [2.24, 2.45) is 7.05 Å². The van der Waals surface area contributed by atoms with E-state index in [0.29, 0.717) is 6.04 Å². The van der Waals surface area contributed by atoms with Crippen LogP contribution in [0.1, 0.15) is 19.4 Å². The lowest BCUT2D eigenvalue weighted by molar-refractivity contribution is 0.589. The van der Waals surface area contributed by atoms with Gasteiger partial charge in [0.05, 0.1) is 16.1 Å². The van der Waals surface area contributed by atoms with Crippen molar-refractivity contribution in [1.29, 1.82) is 0 Å². The summed E-state index contributed by atoms with van der Waals surface area (Å²) in [5, 5.41) is 8.32. The van der Waals surface area contributed by atoms with Gasteiger partial charge in [-0.15, -0.1) is 0 Å². The molecular formula is C14H18ClN3S. The van der Waals surface area contributed by atoms with Crippen molar-refractivity contribution in [2.45, 2.75) is 36.2 Å². The fourth-order valence-corrected chi connectivity index (χ4v) is 2.81. The first kappa shape index (κ1) is 14.4. The minimum absolute atomic E-state index is 0.475. The van der Waals surface area contributed by atoms with E-state index in [1.54, 1.807) is 16.4 Å². The Morgan fingerprint density at radius 1 is 1.42 bits per heavy atom. The first-order chi connectivity index (χ1) is 9.04. The molecule has 1 aromatic carbocycles. The Balaban J connectivity index is 2.06. The standard InChI is InChI=1S/C14H18ClN3S/c1-10(2)16-7-11-4-5-14(13(15)6-11)19-12-8-17-18(3)9-12/h4-6,8-10,16H,7H2,1-3H3. The third-order valence-electron chi connectivity index (χ3n) is 2.62. The van der Waals surface area contributed by atoms with Gasteiger partial charge in [0, 0.05) is 30.7 Å². The number of nitrogens with one attached hydrogen (secondary N) is 1. The van der Waals surface area contributed by atoms with Gasteiger partial charge in [-0.3, -0.25) is 4.68 Å². The molecule has 19 heavy (non-hydrogen) atoms. The predicted octanol–water partition coefficient (Wildman–Crippen LogP) is 3.72. The molecule has 0 saturated heterocycles. The minimum Gasteiger partial charge on any atom is -0.310 e. The molecule has 2 aromatic rings. The van der Waals surface area contributed by atoms with Gasteiger partial charge in [0.1, 0.15) is 0 Å². The molecule has 5 heteroatoms. The van der Waals surface area contributed by atoms with E-state index in [1.807, 2.05) is 25.5 Å². The van der Waals surface area contributed by atoms with Crippen molar-refractivity contribution in [1.82, 2.24) is 15.1 Å². The van der Waals surface area contributed by atoms with Crippen molar-refractivity contribution >= 4 is 23.4 Å². The maximum Gasteiger partial charge on any atom is 0.0629 e. The number of aryl methyl sites for hydroxylation is 1. The molecule has 0 aliphatic carbocycles. The molecule has 0 aliphatic heterocycles. The highest BCUT2D eigenvalue weighted by molar-refractivity contribution is 7.99. The van der Waals surface area contributed by atoms with Crippen LogP contribution in [0.15, 0.2) is 40.4 Å². The largest absolute Gasteiger partial charge is 0.310 e. The Hall–Kier alpha value is -0.970. The second-order valence-electron chi connectivity index (χ2n) is 4.75. The highest BCUT2D eigenvalue weighted by atomic mass is 35.5. The Bertz CT molecular complexity index is 551. The molecule has 1 aromatic heterocycles. The average molecular weight is 296 g/mol. The molecule has 0 aliphatic rings. The van der Waals surface area contributed by atoms with E-state index in [4.69, 9.17) is 11.6 Å². The third-order valence-corrected chi connectivity index (χ3v) is 4.07. The number of benzene rings is 1. The summed E-state index contributed by atoms with van der Waals surface area (Å²) < 4.78 is 1.79. The maximum absolute atomic E-state index is 6.33. The Kier molecular flexibility index (Phi) is 4.91. The molecule has 1 heterocycles. The first-order valence-corrected chi connectivity index (χ1v) is 7.42. The molecule has 0 radical (unpaired) electrons. The van der Waals surface area contributed by atoms with E-state index in [0.717, 1.165) is 21.4 Å². The Morgan fingerprint density at radius 2 is 2.21 bits per heavy atom. The van der Waals surface area contributed by atoms with Crippen molar-refractivity contribution in [2.75, 3.05) is 0 Å². The topological polar surface area (TPSA) is 29.9 Å². The zero-order chi connectivity index (χ0) is 13.8. The van der Waals surface area contributed by atoms with E-state index < -0.39 is 0 Å². The smallest absolute Gasteiger partial charge is 0.0629 e. The van der Waals surface area contributed by atoms with Gasteiger partial charge < -0.3 is 5.32 Å². The summed E-state index contributed by atoms with van der Waals surface area (Å²) in [5.41, 5.74) is 1.20. The Labute approximate surface area is 123 Å². The van der Waals surface area contributed by atoms with Crippen LogP contribution in [0.25, 0.3) is 0 Å². The molecule has 1 N–H and O–H groups in total. The second-order valence-corrected chi connectivity index (χ2v) is 6.27. The SMILES string of the molecule is CC(C)NCc1ccc(Sc2cnn(C)c2)c(Cl)c1. The number of hydrogen-bond donors (Lipinski definition) is 1. The normalized spacial score (nSPS) is 11.2. The Morgan fingerprint density at radius 3 is 2.79 bits per heavy atom. The van der Waals surface area contributed by atoms with Crippen LogP contribution >= 0.6 is 23.4 Å². The molecule has 0 amide bonds. The quantitative estimate of drug-likeness (QED) is 0.912. The monoisotopic (exact) mass is 295 g/mol. The van der Waals surface area contributed by atoms with Crippen LogP contribution < -0.4 is 5.32 Å². The molecule has 0 unspecified atom stereocenters. The second kappa shape index (κ2) is 6.46. The lowest BCUT2D eigenvalue weighted by atomic mass is 10.2. The summed E-state index contributed by atoms with van der Waals surface area (Å²) in [5.74, 6) is 0. The van der Waals surface area contributed by atoms with Gasteiger partial charge in [-0.25, -0.2) is 0 Å². The molecule has 2 rings (SSSR count). The summed E-state index contributed by atoms with van der Waals surface area (Å²) >= 11 is 7.96. The van der Waals surface area contributed by atoms with Gasteiger partial charge in [0.25, 0.3) is 0 Å². The summed E-state index contributed by atoms with van der Waals surface area (Å²) in [6, 6.07) is 6.68. The zero-order valence-corrected chi connectivity index (χ0v) is 12.9. The van der Waals surface area contributed by atoms with E-state index in [-0.39, 0.29) is 0 Å². The first-order valence-electron chi connectivity index (χ1n) is 6.23. The number of rotatable bonds is 5. The van der Waals surface area contributed by atoms with Gasteiger partial charge in [-0.1, -0.05) is 43.3 Å². The van der Waals surface area contributed by atoms with Crippen LogP contribution in [-0.4, -0.2) is 15.8 Å². The number of halogens is 1. The lowest BCUT2D eigenvalue weighted by Crippen LogP contribution is -2.21. The van der Waals surface area contributed by atoms with Crippen LogP contribution in [0.3, 0.4) is 0 Å². The van der Waals surface area contributed by atoms with Crippen LogP contribution in [0.2, 0.25) is 5.02 Å². The fourth-order valence-electron chi connectivity index (χ4n) is 1.64. The van der Waals surface area contributed by atoms with Crippen LogP contribution in [-0.2, 0) is 13.6 Å². The number of hydrogen-bond acceptors (Lipinski definition) is 3. The van der Waals surface area contributed by atoms with E-state index in [2.05, 4.69) is 36.4 Å². The van der Waals surface area contributed by atoms with Crippen molar-refractivity contribution < 1.29 is 0 Å². The minimum atomic E-state index is 0.475. The number of nitrogens with zero attached hydrogens (tertiary/aromatic N) is 2. The van der Waals surface area contributed by atoms with Gasteiger partial charge in [0.2, 0.25) is 0 Å². The zero-order valence-electron chi connectivity index (χ0n) is 11.4. The molecule has 0 fully saturated rings. The molecule has 0 saturated carbocycles. The van der Waals surface area contributed by atoms with Crippen LogP contribution in [0.5, 0.6) is 0 Å². The highest BCUT2D eigenvalue weighted by Gasteiger charge is 2.06. The molecular weight excluding hydrogens is 278 g/mol. The van der Waals surface area contributed by atoms with Crippen LogP contribution in [0, 0.1) is 0 Å². The molecule has 0 spiro atoms. The fraction of sp³-hybridized carbons (Fsp3) is 0.357. The van der Waals surface area contributed by atoms with Gasteiger partial charge in [0.15, 0.2) is 0 Å².